The first-order chi connectivity index (χ1) is 13.2. The lowest BCUT2D eigenvalue weighted by Gasteiger charge is -2.16. The van der Waals surface area contributed by atoms with Gasteiger partial charge in [0.05, 0.1) is 10.8 Å². The lowest BCUT2D eigenvalue weighted by atomic mass is 9.95. The Labute approximate surface area is 209 Å². The summed E-state index contributed by atoms with van der Waals surface area (Å²) in [5.41, 5.74) is 4.84. The third-order valence-corrected chi connectivity index (χ3v) is 5.01. The Kier molecular flexibility index (Phi) is 12.2. The van der Waals surface area contributed by atoms with E-state index in [1.165, 1.54) is 32.9 Å². The van der Waals surface area contributed by atoms with Crippen molar-refractivity contribution in [1.29, 1.82) is 0 Å². The Hall–Kier alpha value is -1.75. The second-order valence-corrected chi connectivity index (χ2v) is 7.12. The van der Waals surface area contributed by atoms with Gasteiger partial charge in [0.1, 0.15) is 19.4 Å². The highest BCUT2D eigenvalue weighted by Gasteiger charge is 2.21. The summed E-state index contributed by atoms with van der Waals surface area (Å²) >= 11 is 0. The minimum atomic E-state index is 0. The fraction of sp³-hybridized carbons (Fsp3) is 0.208. The number of para-hydroxylation sites is 1. The molecule has 0 aliphatic carbocycles. The molecule has 3 nitrogen and oxygen atoms in total. The summed E-state index contributed by atoms with van der Waals surface area (Å²) in [7, 11) is 6.26. The van der Waals surface area contributed by atoms with Gasteiger partial charge in [0.2, 0.25) is 11.0 Å². The molecule has 0 radical (unpaired) electrons. The van der Waals surface area contributed by atoms with E-state index in [4.69, 9.17) is 4.74 Å². The van der Waals surface area contributed by atoms with Crippen LogP contribution in [-0.2, 0) is 7.05 Å². The highest BCUT2D eigenvalue weighted by atomic mass is 35.5. The molecule has 0 unspecified atom stereocenters. The van der Waals surface area contributed by atoms with Crippen LogP contribution in [0.2, 0.25) is 0 Å². The van der Waals surface area contributed by atoms with Gasteiger partial charge in [-0.2, -0.15) is 4.57 Å². The molecule has 7 heteroatoms. The summed E-state index contributed by atoms with van der Waals surface area (Å²) < 4.78 is 8.50. The molecular formula is C24H28Cl4N2O. The fourth-order valence-corrected chi connectivity index (χ4v) is 3.66. The zero-order valence-electron chi connectivity index (χ0n) is 17.7. The van der Waals surface area contributed by atoms with Gasteiger partial charge in [0, 0.05) is 24.2 Å². The highest BCUT2D eigenvalue weighted by molar-refractivity contribution is 6.09. The van der Waals surface area contributed by atoms with Gasteiger partial charge >= 0.3 is 0 Å². The summed E-state index contributed by atoms with van der Waals surface area (Å²) in [4.78, 5) is 2.14. The minimum absolute atomic E-state index is 0. The number of fused-ring (bicyclic) bond motifs is 2. The van der Waals surface area contributed by atoms with Crippen molar-refractivity contribution >= 4 is 59.0 Å². The molecule has 0 atom stereocenters. The average Bonchev–Trinajstić information content (AvgIpc) is 2.69. The number of hydrogen-bond donors (Lipinski definition) is 0. The fourth-order valence-electron chi connectivity index (χ4n) is 3.66. The third kappa shape index (κ3) is 5.94. The summed E-state index contributed by atoms with van der Waals surface area (Å²) in [5, 5.41) is 2.41. The zero-order chi connectivity index (χ0) is 18.8. The molecular weight excluding hydrogens is 474 g/mol. The van der Waals surface area contributed by atoms with Gasteiger partial charge < -0.3 is 22.0 Å². The Morgan fingerprint density at radius 2 is 1.39 bits per heavy atom. The first-order valence-corrected chi connectivity index (χ1v) is 9.33. The second-order valence-electron chi connectivity index (χ2n) is 7.12. The number of rotatable bonds is 5. The Morgan fingerprint density at radius 3 is 2.06 bits per heavy atom. The average molecular weight is 502 g/mol. The van der Waals surface area contributed by atoms with Crippen LogP contribution in [0.4, 0.5) is 0 Å². The van der Waals surface area contributed by atoms with Crippen molar-refractivity contribution in [3.8, 4) is 16.9 Å². The van der Waals surface area contributed by atoms with Crippen LogP contribution < -0.4 is 21.7 Å². The standard InChI is InChI=1S/C24H25N2O.4ClH/c1-25(2)16-17-27-22-15-9-14-21-24(22)23(18-10-5-4-6-11-18)19-12-7-8-13-20(19)26(21)3;;;;/h4-15H,16-17H2,1-3H3;4*1H/q+1;;;;/p-1. The van der Waals surface area contributed by atoms with Gasteiger partial charge in [-0.05, 0) is 31.8 Å². The number of hydrogen-bond acceptors (Lipinski definition) is 2. The van der Waals surface area contributed by atoms with E-state index in [1.54, 1.807) is 0 Å². The summed E-state index contributed by atoms with van der Waals surface area (Å²) in [6.07, 6.45) is 0. The maximum absolute atomic E-state index is 6.24. The van der Waals surface area contributed by atoms with Crippen molar-refractivity contribution in [1.82, 2.24) is 4.90 Å². The Morgan fingerprint density at radius 1 is 0.774 bits per heavy atom. The number of pyridine rings is 1. The van der Waals surface area contributed by atoms with Gasteiger partial charge in [0.15, 0.2) is 0 Å². The van der Waals surface area contributed by atoms with Crippen molar-refractivity contribution in [2.75, 3.05) is 27.2 Å². The lowest BCUT2D eigenvalue weighted by Crippen LogP contribution is -3.00. The van der Waals surface area contributed by atoms with Gasteiger partial charge in [-0.15, -0.1) is 37.2 Å². The molecule has 0 saturated carbocycles. The minimum Gasteiger partial charge on any atom is -1.00 e. The molecule has 0 aliphatic heterocycles. The van der Waals surface area contributed by atoms with Crippen molar-refractivity contribution in [2.45, 2.75) is 0 Å². The molecule has 4 rings (SSSR count). The van der Waals surface area contributed by atoms with E-state index in [9.17, 15) is 0 Å². The van der Waals surface area contributed by atoms with Crippen molar-refractivity contribution in [3.63, 3.8) is 0 Å². The topological polar surface area (TPSA) is 16.4 Å². The SMILES string of the molecule is CN(C)CCOc1cccc2c1c(-c1ccccc1)c1ccccc1[n+]2C.Cl.Cl.Cl.[Cl-]. The quantitative estimate of drug-likeness (QED) is 0.309. The molecule has 4 aromatic rings. The van der Waals surface area contributed by atoms with Gasteiger partial charge in [-0.1, -0.05) is 48.5 Å². The van der Waals surface area contributed by atoms with Crippen LogP contribution in [0.1, 0.15) is 0 Å². The second kappa shape index (κ2) is 12.9. The molecule has 1 aromatic heterocycles. The number of benzene rings is 3. The molecule has 31 heavy (non-hydrogen) atoms. The molecule has 0 aliphatic rings. The number of aromatic nitrogens is 1. The molecule has 0 amide bonds. The molecule has 1 heterocycles. The van der Waals surface area contributed by atoms with E-state index in [0.29, 0.717) is 6.61 Å². The first-order valence-electron chi connectivity index (χ1n) is 9.33. The molecule has 0 fully saturated rings. The van der Waals surface area contributed by atoms with Gasteiger partial charge in [-0.25, -0.2) is 0 Å². The molecule has 0 spiro atoms. The lowest BCUT2D eigenvalue weighted by molar-refractivity contribution is -0.617. The Balaban J connectivity index is 0.00000225. The monoisotopic (exact) mass is 500 g/mol. The number of likely N-dealkylation sites (N-methyl/N-ethyl adjacent to an activating group) is 1. The molecule has 0 bridgehead atoms. The smallest absolute Gasteiger partial charge is 0.217 e. The molecule has 0 N–H and O–H groups in total. The highest BCUT2D eigenvalue weighted by Crippen LogP contribution is 2.38. The summed E-state index contributed by atoms with van der Waals surface area (Å²) in [6.45, 7) is 1.55. The van der Waals surface area contributed by atoms with Crippen LogP contribution in [0.15, 0.2) is 72.8 Å². The molecule has 3 aromatic carbocycles. The van der Waals surface area contributed by atoms with Crippen LogP contribution in [0, 0.1) is 0 Å². The van der Waals surface area contributed by atoms with E-state index in [2.05, 4.69) is 103 Å². The maximum atomic E-state index is 6.24. The van der Waals surface area contributed by atoms with Crippen molar-refractivity contribution in [2.24, 2.45) is 7.05 Å². The van der Waals surface area contributed by atoms with Crippen LogP contribution in [0.25, 0.3) is 32.9 Å². The third-order valence-electron chi connectivity index (χ3n) is 5.01. The summed E-state index contributed by atoms with van der Waals surface area (Å²) in [6, 6.07) is 25.5. The van der Waals surface area contributed by atoms with Crippen molar-refractivity contribution in [3.05, 3.63) is 72.8 Å². The van der Waals surface area contributed by atoms with E-state index in [1.807, 2.05) is 0 Å². The number of halogens is 4. The predicted molar refractivity (Wildman–Crippen MR) is 134 cm³/mol. The van der Waals surface area contributed by atoms with Crippen LogP contribution >= 0.6 is 37.2 Å². The van der Waals surface area contributed by atoms with Crippen molar-refractivity contribution < 1.29 is 21.7 Å². The van der Waals surface area contributed by atoms with E-state index in [0.717, 1.165) is 12.3 Å². The van der Waals surface area contributed by atoms with E-state index >= 15 is 0 Å². The number of aryl methyl sites for hydroxylation is 1. The van der Waals surface area contributed by atoms with Gasteiger partial charge in [-0.3, -0.25) is 0 Å². The first kappa shape index (κ1) is 29.2. The van der Waals surface area contributed by atoms with E-state index in [-0.39, 0.29) is 49.6 Å². The molecule has 168 valence electrons. The van der Waals surface area contributed by atoms with Crippen LogP contribution in [0.3, 0.4) is 0 Å². The van der Waals surface area contributed by atoms with Crippen LogP contribution in [0.5, 0.6) is 5.75 Å². The largest absolute Gasteiger partial charge is 1.00 e. The zero-order valence-corrected chi connectivity index (χ0v) is 21.0. The van der Waals surface area contributed by atoms with Crippen LogP contribution in [-0.4, -0.2) is 32.1 Å². The summed E-state index contributed by atoms with van der Waals surface area (Å²) in [5.74, 6) is 0.939. The normalized spacial score (nSPS) is 9.94. The predicted octanol–water partition coefficient (Wildman–Crippen LogP) is 2.69. The molecule has 0 saturated heterocycles. The van der Waals surface area contributed by atoms with E-state index < -0.39 is 0 Å². The number of ether oxygens (including phenoxy) is 1. The maximum Gasteiger partial charge on any atom is 0.217 e. The number of nitrogens with zero attached hydrogens (tertiary/aromatic N) is 2. The van der Waals surface area contributed by atoms with Gasteiger partial charge in [0.25, 0.3) is 0 Å². The Bertz CT molecular complexity index is 1100.